The van der Waals surface area contributed by atoms with Crippen LogP contribution in [0.5, 0.6) is 0 Å². The molecule has 0 saturated heterocycles. The van der Waals surface area contributed by atoms with Crippen LogP contribution in [0.2, 0.25) is 0 Å². The second-order valence-electron chi connectivity index (χ2n) is 3.28. The van der Waals surface area contributed by atoms with E-state index in [2.05, 4.69) is 37.2 Å². The highest BCUT2D eigenvalue weighted by atomic mass is 79.9. The van der Waals surface area contributed by atoms with Crippen molar-refractivity contribution in [2.45, 2.75) is 0 Å². The van der Waals surface area contributed by atoms with Crippen molar-refractivity contribution in [3.05, 3.63) is 39.2 Å². The lowest BCUT2D eigenvalue weighted by atomic mass is 10.3. The van der Waals surface area contributed by atoms with E-state index >= 15 is 0 Å². The fraction of sp³-hybridized carbons (Fsp3) is 0.182. The van der Waals surface area contributed by atoms with Gasteiger partial charge in [-0.3, -0.25) is 4.79 Å². The molecule has 0 bridgehead atoms. The number of carbonyl (C=O) groups is 1. The Hall–Kier alpha value is -1.01. The summed E-state index contributed by atoms with van der Waals surface area (Å²) in [5.41, 5.74) is 0.674. The van der Waals surface area contributed by atoms with Crippen LogP contribution in [0.4, 0.5) is 5.69 Å². The van der Waals surface area contributed by atoms with Crippen LogP contribution >= 0.6 is 31.9 Å². The molecule has 0 unspecified atom stereocenters. The van der Waals surface area contributed by atoms with E-state index in [1.807, 2.05) is 12.1 Å². The van der Waals surface area contributed by atoms with Gasteiger partial charge in [-0.1, -0.05) is 15.9 Å². The Kier molecular flexibility index (Phi) is 4.06. The Balaban J connectivity index is 2.10. The third-order valence-corrected chi connectivity index (χ3v) is 3.20. The van der Waals surface area contributed by atoms with Gasteiger partial charge in [0, 0.05) is 8.95 Å². The van der Waals surface area contributed by atoms with E-state index < -0.39 is 0 Å². The topological polar surface area (TPSA) is 47.6 Å². The maximum absolute atomic E-state index is 11.8. The highest BCUT2D eigenvalue weighted by Gasteiger charge is 2.16. The first-order chi connectivity index (χ1) is 8.16. The maximum atomic E-state index is 11.8. The van der Waals surface area contributed by atoms with Gasteiger partial charge in [0.05, 0.1) is 5.69 Å². The van der Waals surface area contributed by atoms with Crippen molar-refractivity contribution < 1.29 is 14.3 Å². The summed E-state index contributed by atoms with van der Waals surface area (Å²) in [5.74, 6) is -0.140. The first kappa shape index (κ1) is 12.4. The first-order valence-electron chi connectivity index (χ1n) is 4.88. The third-order valence-electron chi connectivity index (χ3n) is 2.05. The van der Waals surface area contributed by atoms with Crippen molar-refractivity contribution in [1.82, 2.24) is 0 Å². The number of rotatable bonds is 2. The predicted octanol–water partition coefficient (Wildman–Crippen LogP) is 3.04. The highest BCUT2D eigenvalue weighted by Crippen LogP contribution is 2.26. The number of hydrogen-bond donors (Lipinski definition) is 1. The molecule has 1 amide bonds. The van der Waals surface area contributed by atoms with Gasteiger partial charge in [-0.2, -0.15) is 0 Å². The Morgan fingerprint density at radius 2 is 2.12 bits per heavy atom. The number of anilines is 1. The molecule has 90 valence electrons. The molecule has 1 aliphatic rings. The van der Waals surface area contributed by atoms with Crippen molar-refractivity contribution in [2.75, 3.05) is 18.5 Å². The SMILES string of the molecule is O=C(Nc1ccc(Br)cc1Br)C1=COCCO1. The molecule has 0 spiro atoms. The molecular weight excluding hydrogens is 354 g/mol. The minimum atomic E-state index is -0.326. The van der Waals surface area contributed by atoms with Gasteiger partial charge in [-0.15, -0.1) is 0 Å². The molecular formula is C11H9Br2NO3. The average molecular weight is 363 g/mol. The maximum Gasteiger partial charge on any atom is 0.294 e. The van der Waals surface area contributed by atoms with Gasteiger partial charge in [-0.25, -0.2) is 0 Å². The van der Waals surface area contributed by atoms with Crippen LogP contribution < -0.4 is 5.32 Å². The van der Waals surface area contributed by atoms with Crippen molar-refractivity contribution in [3.8, 4) is 0 Å². The average Bonchev–Trinajstić information content (AvgIpc) is 2.34. The van der Waals surface area contributed by atoms with Crippen molar-refractivity contribution in [3.63, 3.8) is 0 Å². The largest absolute Gasteiger partial charge is 0.494 e. The van der Waals surface area contributed by atoms with Gasteiger partial charge in [0.1, 0.15) is 19.5 Å². The third kappa shape index (κ3) is 3.23. The van der Waals surface area contributed by atoms with E-state index in [-0.39, 0.29) is 11.7 Å². The fourth-order valence-electron chi connectivity index (χ4n) is 1.26. The Bertz CT molecular complexity index is 474. The molecule has 0 fully saturated rings. The number of halogens is 2. The van der Waals surface area contributed by atoms with Crippen LogP contribution in [0.1, 0.15) is 0 Å². The molecule has 1 aromatic rings. The smallest absolute Gasteiger partial charge is 0.294 e. The highest BCUT2D eigenvalue weighted by molar-refractivity contribution is 9.11. The molecule has 6 heteroatoms. The van der Waals surface area contributed by atoms with Gasteiger partial charge in [0.2, 0.25) is 5.76 Å². The van der Waals surface area contributed by atoms with Crippen LogP contribution in [-0.2, 0) is 14.3 Å². The van der Waals surface area contributed by atoms with E-state index in [0.717, 1.165) is 8.95 Å². The second kappa shape index (κ2) is 5.55. The summed E-state index contributed by atoms with van der Waals surface area (Å²) in [6.45, 7) is 0.861. The van der Waals surface area contributed by atoms with Gasteiger partial charge in [-0.05, 0) is 34.1 Å². The van der Waals surface area contributed by atoms with E-state index in [0.29, 0.717) is 18.9 Å². The molecule has 1 aromatic carbocycles. The lowest BCUT2D eigenvalue weighted by molar-refractivity contribution is -0.117. The predicted molar refractivity (Wildman–Crippen MR) is 70.5 cm³/mol. The number of hydrogen-bond acceptors (Lipinski definition) is 3. The van der Waals surface area contributed by atoms with Gasteiger partial charge in [0.15, 0.2) is 0 Å². The standard InChI is InChI=1S/C11H9Br2NO3/c12-7-1-2-9(8(13)5-7)14-11(15)10-6-16-3-4-17-10/h1-2,5-6H,3-4H2,(H,14,15). The van der Waals surface area contributed by atoms with Crippen LogP contribution in [0, 0.1) is 0 Å². The zero-order valence-corrected chi connectivity index (χ0v) is 11.9. The summed E-state index contributed by atoms with van der Waals surface area (Å²) in [4.78, 5) is 11.8. The summed E-state index contributed by atoms with van der Waals surface area (Å²) in [7, 11) is 0. The number of benzene rings is 1. The van der Waals surface area contributed by atoms with Crippen molar-refractivity contribution in [1.29, 1.82) is 0 Å². The number of carbonyl (C=O) groups excluding carboxylic acids is 1. The van der Waals surface area contributed by atoms with Crippen LogP contribution in [0.3, 0.4) is 0 Å². The molecule has 4 nitrogen and oxygen atoms in total. The Labute approximate surface area is 115 Å². The Morgan fingerprint density at radius 3 is 2.76 bits per heavy atom. The first-order valence-corrected chi connectivity index (χ1v) is 6.46. The number of amides is 1. The van der Waals surface area contributed by atoms with Crippen LogP contribution in [0.15, 0.2) is 39.2 Å². The molecule has 17 heavy (non-hydrogen) atoms. The van der Waals surface area contributed by atoms with E-state index in [4.69, 9.17) is 9.47 Å². The molecule has 1 aliphatic heterocycles. The summed E-state index contributed by atoms with van der Waals surface area (Å²) < 4.78 is 11.9. The van der Waals surface area contributed by atoms with Gasteiger partial charge in [0.25, 0.3) is 5.91 Å². The molecule has 2 rings (SSSR count). The minimum absolute atomic E-state index is 0.186. The second-order valence-corrected chi connectivity index (χ2v) is 5.05. The lowest BCUT2D eigenvalue weighted by Crippen LogP contribution is -2.21. The summed E-state index contributed by atoms with van der Waals surface area (Å²) in [6.07, 6.45) is 1.32. The zero-order chi connectivity index (χ0) is 12.3. The monoisotopic (exact) mass is 361 g/mol. The summed E-state index contributed by atoms with van der Waals surface area (Å²) >= 11 is 6.70. The molecule has 0 saturated carbocycles. The van der Waals surface area contributed by atoms with Crippen molar-refractivity contribution >= 4 is 43.5 Å². The molecule has 0 atom stereocenters. The van der Waals surface area contributed by atoms with E-state index in [9.17, 15) is 4.79 Å². The molecule has 1 heterocycles. The van der Waals surface area contributed by atoms with E-state index in [1.165, 1.54) is 6.26 Å². The quantitative estimate of drug-likeness (QED) is 0.879. The van der Waals surface area contributed by atoms with Gasteiger partial charge >= 0.3 is 0 Å². The Morgan fingerprint density at radius 1 is 1.29 bits per heavy atom. The minimum Gasteiger partial charge on any atom is -0.494 e. The molecule has 0 radical (unpaired) electrons. The summed E-state index contributed by atoms with van der Waals surface area (Å²) in [5, 5.41) is 2.73. The van der Waals surface area contributed by atoms with Crippen LogP contribution in [0.25, 0.3) is 0 Å². The number of ether oxygens (including phenoxy) is 2. The molecule has 0 aliphatic carbocycles. The zero-order valence-electron chi connectivity index (χ0n) is 8.70. The normalized spacial score (nSPS) is 14.4. The van der Waals surface area contributed by atoms with Gasteiger partial charge < -0.3 is 14.8 Å². The molecule has 1 N–H and O–H groups in total. The number of nitrogens with one attached hydrogen (secondary N) is 1. The summed E-state index contributed by atoms with van der Waals surface area (Å²) in [6, 6.07) is 5.48. The van der Waals surface area contributed by atoms with Crippen LogP contribution in [-0.4, -0.2) is 19.1 Å². The van der Waals surface area contributed by atoms with E-state index in [1.54, 1.807) is 6.07 Å². The molecule has 0 aromatic heterocycles. The fourth-order valence-corrected chi connectivity index (χ4v) is 2.41. The lowest BCUT2D eigenvalue weighted by Gasteiger charge is -2.15. The van der Waals surface area contributed by atoms with Crippen molar-refractivity contribution in [2.24, 2.45) is 0 Å².